The Morgan fingerprint density at radius 1 is 0.467 bits per heavy atom. The van der Waals surface area contributed by atoms with Crippen LogP contribution >= 0.6 is 11.3 Å². The number of fused-ring (bicyclic) bond motifs is 10. The first-order valence-corrected chi connectivity index (χ1v) is 15.9. The van der Waals surface area contributed by atoms with Crippen molar-refractivity contribution in [3.63, 3.8) is 0 Å². The van der Waals surface area contributed by atoms with Gasteiger partial charge in [0.1, 0.15) is 0 Å². The van der Waals surface area contributed by atoms with E-state index in [4.69, 9.17) is 9.97 Å². The SMILES string of the molecule is c1ccc(-c2nc(-n3c4ccccc4c4c5c6sc7ccccc7c6n(-c6ccccc6)c5ccc43)nc3ccccc23)cc1. The summed E-state index contributed by atoms with van der Waals surface area (Å²) in [6.07, 6.45) is 0. The maximum Gasteiger partial charge on any atom is 0.235 e. The van der Waals surface area contributed by atoms with Gasteiger partial charge in [-0.3, -0.25) is 4.57 Å². The topological polar surface area (TPSA) is 35.6 Å². The number of hydrogen-bond acceptors (Lipinski definition) is 3. The van der Waals surface area contributed by atoms with Gasteiger partial charge in [0.15, 0.2) is 0 Å². The molecule has 210 valence electrons. The summed E-state index contributed by atoms with van der Waals surface area (Å²) in [5.41, 5.74) is 8.75. The molecule has 6 aromatic carbocycles. The van der Waals surface area contributed by atoms with Gasteiger partial charge in [0.05, 0.1) is 38.0 Å². The molecular weight excluding hydrogens is 569 g/mol. The first-order valence-electron chi connectivity index (χ1n) is 15.1. The van der Waals surface area contributed by atoms with Crippen LogP contribution in [0.2, 0.25) is 0 Å². The number of aromatic nitrogens is 4. The Hall–Kier alpha value is -5.78. The van der Waals surface area contributed by atoms with Crippen LogP contribution in [0.25, 0.3) is 86.8 Å². The average Bonchev–Trinajstić information content (AvgIpc) is 3.75. The van der Waals surface area contributed by atoms with Crippen LogP contribution in [0.15, 0.2) is 146 Å². The van der Waals surface area contributed by atoms with Crippen LogP contribution in [0.5, 0.6) is 0 Å². The molecule has 4 nitrogen and oxygen atoms in total. The molecule has 0 saturated carbocycles. The van der Waals surface area contributed by atoms with E-state index in [2.05, 4.69) is 143 Å². The Bertz CT molecular complexity index is 2750. The number of thiophene rings is 1. The third-order valence-electron chi connectivity index (χ3n) is 8.93. The second-order valence-electron chi connectivity index (χ2n) is 11.4. The first-order chi connectivity index (χ1) is 22.3. The van der Waals surface area contributed by atoms with Gasteiger partial charge in [0.25, 0.3) is 0 Å². The van der Waals surface area contributed by atoms with Crippen molar-refractivity contribution in [2.45, 2.75) is 0 Å². The number of benzene rings is 6. The Morgan fingerprint density at radius 2 is 1.11 bits per heavy atom. The lowest BCUT2D eigenvalue weighted by Crippen LogP contribution is -2.03. The van der Waals surface area contributed by atoms with Crippen molar-refractivity contribution in [3.8, 4) is 22.9 Å². The second kappa shape index (κ2) is 9.36. The molecule has 0 amide bonds. The lowest BCUT2D eigenvalue weighted by atomic mass is 10.1. The summed E-state index contributed by atoms with van der Waals surface area (Å²) in [4.78, 5) is 10.5. The van der Waals surface area contributed by atoms with Crippen LogP contribution in [0.3, 0.4) is 0 Å². The van der Waals surface area contributed by atoms with E-state index in [1.54, 1.807) is 0 Å². The summed E-state index contributed by atoms with van der Waals surface area (Å²) in [6.45, 7) is 0. The molecule has 0 bridgehead atoms. The van der Waals surface area contributed by atoms with Gasteiger partial charge in [-0.25, -0.2) is 9.97 Å². The zero-order valence-electron chi connectivity index (χ0n) is 24.1. The highest BCUT2D eigenvalue weighted by Crippen LogP contribution is 2.47. The Balaban J connectivity index is 1.38. The van der Waals surface area contributed by atoms with Crippen LogP contribution in [0, 0.1) is 0 Å². The van der Waals surface area contributed by atoms with Gasteiger partial charge in [0, 0.05) is 42.9 Å². The van der Waals surface area contributed by atoms with Crippen LogP contribution in [-0.2, 0) is 0 Å². The third-order valence-corrected chi connectivity index (χ3v) is 10.1. The Morgan fingerprint density at radius 3 is 1.93 bits per heavy atom. The van der Waals surface area contributed by atoms with Crippen molar-refractivity contribution in [1.29, 1.82) is 0 Å². The molecule has 0 aliphatic heterocycles. The van der Waals surface area contributed by atoms with Crippen LogP contribution in [0.1, 0.15) is 0 Å². The quantitative estimate of drug-likeness (QED) is 0.205. The van der Waals surface area contributed by atoms with Crippen molar-refractivity contribution in [3.05, 3.63) is 146 Å². The van der Waals surface area contributed by atoms with Crippen molar-refractivity contribution in [2.75, 3.05) is 0 Å². The van der Waals surface area contributed by atoms with E-state index < -0.39 is 0 Å². The van der Waals surface area contributed by atoms with Crippen molar-refractivity contribution >= 4 is 75.3 Å². The molecule has 0 N–H and O–H groups in total. The third kappa shape index (κ3) is 3.47. The van der Waals surface area contributed by atoms with E-state index >= 15 is 0 Å². The van der Waals surface area contributed by atoms with Gasteiger partial charge < -0.3 is 4.57 Å². The largest absolute Gasteiger partial charge is 0.308 e. The smallest absolute Gasteiger partial charge is 0.235 e. The highest BCUT2D eigenvalue weighted by molar-refractivity contribution is 7.26. The highest BCUT2D eigenvalue weighted by atomic mass is 32.1. The molecule has 0 saturated heterocycles. The molecule has 0 atom stereocenters. The van der Waals surface area contributed by atoms with E-state index in [9.17, 15) is 0 Å². The predicted octanol–water partition coefficient (Wildman–Crippen LogP) is 10.7. The number of para-hydroxylation sites is 3. The molecule has 0 fully saturated rings. The lowest BCUT2D eigenvalue weighted by Gasteiger charge is -2.12. The first kappa shape index (κ1) is 24.6. The van der Waals surface area contributed by atoms with E-state index in [1.807, 2.05) is 23.5 Å². The summed E-state index contributed by atoms with van der Waals surface area (Å²) in [6, 6.07) is 51.4. The fourth-order valence-corrected chi connectivity index (χ4v) is 8.30. The number of hydrogen-bond donors (Lipinski definition) is 0. The number of rotatable bonds is 3. The van der Waals surface area contributed by atoms with Gasteiger partial charge in [0.2, 0.25) is 5.95 Å². The molecular formula is C40H24N4S. The molecule has 0 aliphatic carbocycles. The minimum absolute atomic E-state index is 0.674. The average molecular weight is 593 g/mol. The molecule has 4 aromatic heterocycles. The predicted molar refractivity (Wildman–Crippen MR) is 189 cm³/mol. The highest BCUT2D eigenvalue weighted by Gasteiger charge is 2.24. The van der Waals surface area contributed by atoms with Gasteiger partial charge in [-0.05, 0) is 42.5 Å². The molecule has 10 rings (SSSR count). The summed E-state index contributed by atoms with van der Waals surface area (Å²) >= 11 is 1.88. The van der Waals surface area contributed by atoms with E-state index in [0.717, 1.165) is 38.9 Å². The minimum Gasteiger partial charge on any atom is -0.308 e. The zero-order valence-corrected chi connectivity index (χ0v) is 24.9. The molecule has 45 heavy (non-hydrogen) atoms. The Labute approximate surface area is 262 Å². The van der Waals surface area contributed by atoms with Gasteiger partial charge in [-0.1, -0.05) is 103 Å². The van der Waals surface area contributed by atoms with Gasteiger partial charge >= 0.3 is 0 Å². The van der Waals surface area contributed by atoms with E-state index in [0.29, 0.717) is 5.95 Å². The van der Waals surface area contributed by atoms with Crippen LogP contribution in [0.4, 0.5) is 0 Å². The normalized spacial score (nSPS) is 12.0. The summed E-state index contributed by atoms with van der Waals surface area (Å²) in [7, 11) is 0. The zero-order chi connectivity index (χ0) is 29.5. The van der Waals surface area contributed by atoms with Crippen molar-refractivity contribution < 1.29 is 0 Å². The number of nitrogens with zero attached hydrogens (tertiary/aromatic N) is 4. The van der Waals surface area contributed by atoms with E-state index in [1.165, 1.54) is 42.0 Å². The summed E-state index contributed by atoms with van der Waals surface area (Å²) in [5.74, 6) is 0.674. The molecule has 0 radical (unpaired) electrons. The monoisotopic (exact) mass is 592 g/mol. The molecule has 4 heterocycles. The second-order valence-corrected chi connectivity index (χ2v) is 12.5. The van der Waals surface area contributed by atoms with Crippen LogP contribution < -0.4 is 0 Å². The molecule has 5 heteroatoms. The maximum atomic E-state index is 5.29. The Kier molecular flexibility index (Phi) is 5.12. The fourth-order valence-electron chi connectivity index (χ4n) is 7.05. The van der Waals surface area contributed by atoms with Crippen LogP contribution in [-0.4, -0.2) is 19.1 Å². The summed E-state index contributed by atoms with van der Waals surface area (Å²) in [5, 5.41) is 6.02. The molecule has 10 aromatic rings. The standard InChI is InChI=1S/C40H24N4S/c1-3-13-25(14-4-1)37-27-17-7-10-20-30(27)41-40(42-37)44-31-21-11-8-18-28(31)35-32(44)23-24-33-36(35)39-38(29-19-9-12-22-34(29)45-39)43(33)26-15-5-2-6-16-26/h1-24H. The lowest BCUT2D eigenvalue weighted by molar-refractivity contribution is 1.01. The molecule has 0 unspecified atom stereocenters. The maximum absolute atomic E-state index is 5.29. The fraction of sp³-hybridized carbons (Fsp3) is 0. The van der Waals surface area contributed by atoms with Gasteiger partial charge in [-0.15, -0.1) is 11.3 Å². The molecule has 0 aliphatic rings. The van der Waals surface area contributed by atoms with Crippen molar-refractivity contribution in [1.82, 2.24) is 19.1 Å². The molecule has 0 spiro atoms. The summed E-state index contributed by atoms with van der Waals surface area (Å²) < 4.78 is 7.28. The van der Waals surface area contributed by atoms with Crippen molar-refractivity contribution in [2.24, 2.45) is 0 Å². The van der Waals surface area contributed by atoms with Gasteiger partial charge in [-0.2, -0.15) is 0 Å². The van der Waals surface area contributed by atoms with E-state index in [-0.39, 0.29) is 0 Å². The minimum atomic E-state index is 0.674.